The minimum Gasteiger partial charge on any atom is -0.496 e. The normalized spacial score (nSPS) is 13.9. The fraction of sp³-hybridized carbons (Fsp3) is 0.263. The molecule has 0 aliphatic heterocycles. The molecule has 0 atom stereocenters. The van der Waals surface area contributed by atoms with Gasteiger partial charge in [-0.1, -0.05) is 12.1 Å². The van der Waals surface area contributed by atoms with E-state index in [4.69, 9.17) is 4.74 Å². The van der Waals surface area contributed by atoms with Crippen LogP contribution in [0.25, 0.3) is 22.2 Å². The number of para-hydroxylation sites is 1. The number of hydrogen-bond donors (Lipinski definition) is 1. The molecular formula is C19H19N3O2. The number of carbonyl (C=O) groups is 1. The predicted octanol–water partition coefficient (Wildman–Crippen LogP) is 3.60. The maximum absolute atomic E-state index is 11.9. The van der Waals surface area contributed by atoms with E-state index in [1.165, 1.54) is 0 Å². The van der Waals surface area contributed by atoms with Crippen molar-refractivity contribution >= 4 is 22.6 Å². The van der Waals surface area contributed by atoms with Crippen LogP contribution >= 0.6 is 0 Å². The summed E-state index contributed by atoms with van der Waals surface area (Å²) in [6, 6.07) is 12.0. The molecular weight excluding hydrogens is 302 g/mol. The summed E-state index contributed by atoms with van der Waals surface area (Å²) >= 11 is 0. The number of hydrogen-bond acceptors (Lipinski definition) is 3. The summed E-state index contributed by atoms with van der Waals surface area (Å²) in [5, 5.41) is 3.94. The van der Waals surface area contributed by atoms with Crippen molar-refractivity contribution in [1.82, 2.24) is 9.55 Å². The number of rotatable bonds is 4. The second kappa shape index (κ2) is 5.67. The average molecular weight is 321 g/mol. The molecule has 4 rings (SSSR count). The molecule has 1 N–H and O–H groups in total. The van der Waals surface area contributed by atoms with Gasteiger partial charge in [0.2, 0.25) is 5.91 Å². The lowest BCUT2D eigenvalue weighted by Crippen LogP contribution is -2.14. The Kier molecular flexibility index (Phi) is 3.49. The molecule has 1 fully saturated rings. The van der Waals surface area contributed by atoms with Crippen molar-refractivity contribution < 1.29 is 9.53 Å². The monoisotopic (exact) mass is 321 g/mol. The molecule has 2 aromatic heterocycles. The molecule has 1 aromatic carbocycles. The van der Waals surface area contributed by atoms with E-state index in [1.54, 1.807) is 13.3 Å². The molecule has 3 aromatic rings. The smallest absolute Gasteiger partial charge is 0.228 e. The highest BCUT2D eigenvalue weighted by atomic mass is 16.5. The van der Waals surface area contributed by atoms with Crippen molar-refractivity contribution in [1.29, 1.82) is 0 Å². The lowest BCUT2D eigenvalue weighted by atomic mass is 10.1. The zero-order chi connectivity index (χ0) is 16.7. The molecule has 122 valence electrons. The first-order valence-electron chi connectivity index (χ1n) is 8.07. The first kappa shape index (κ1) is 14.8. The second-order valence-electron chi connectivity index (χ2n) is 6.18. The average Bonchev–Trinajstić information content (AvgIpc) is 3.40. The molecule has 5 heteroatoms. The Morgan fingerprint density at radius 3 is 2.83 bits per heavy atom. The number of anilines is 1. The summed E-state index contributed by atoms with van der Waals surface area (Å²) in [4.78, 5) is 16.3. The summed E-state index contributed by atoms with van der Waals surface area (Å²) in [5.74, 6) is 1.68. The number of benzene rings is 1. The molecule has 1 aliphatic rings. The SMILES string of the molecule is COc1ccccc1-c1cc2cc(NC(=O)C3CC3)ncc2n1C. The van der Waals surface area contributed by atoms with E-state index < -0.39 is 0 Å². The fourth-order valence-electron chi connectivity index (χ4n) is 2.99. The van der Waals surface area contributed by atoms with Crippen LogP contribution in [0.15, 0.2) is 42.6 Å². The van der Waals surface area contributed by atoms with Crippen molar-refractivity contribution in [3.8, 4) is 17.0 Å². The Labute approximate surface area is 140 Å². The highest BCUT2D eigenvalue weighted by molar-refractivity contribution is 5.96. The number of fused-ring (bicyclic) bond motifs is 1. The molecule has 1 saturated carbocycles. The van der Waals surface area contributed by atoms with Crippen LogP contribution in [0.4, 0.5) is 5.82 Å². The third-order valence-electron chi connectivity index (χ3n) is 4.51. The first-order valence-corrected chi connectivity index (χ1v) is 8.07. The number of amides is 1. The van der Waals surface area contributed by atoms with Gasteiger partial charge in [-0.15, -0.1) is 0 Å². The quantitative estimate of drug-likeness (QED) is 0.799. The Morgan fingerprint density at radius 1 is 1.29 bits per heavy atom. The van der Waals surface area contributed by atoms with Gasteiger partial charge in [0.25, 0.3) is 0 Å². The number of nitrogens with one attached hydrogen (secondary N) is 1. The number of aryl methyl sites for hydroxylation is 1. The van der Waals surface area contributed by atoms with Gasteiger partial charge in [0, 0.05) is 23.9 Å². The van der Waals surface area contributed by atoms with Crippen molar-refractivity contribution in [3.63, 3.8) is 0 Å². The van der Waals surface area contributed by atoms with Gasteiger partial charge in [-0.3, -0.25) is 4.79 Å². The van der Waals surface area contributed by atoms with Crippen LogP contribution in [0.3, 0.4) is 0 Å². The van der Waals surface area contributed by atoms with E-state index in [1.807, 2.05) is 37.4 Å². The Morgan fingerprint density at radius 2 is 2.08 bits per heavy atom. The molecule has 1 amide bonds. The van der Waals surface area contributed by atoms with Crippen LogP contribution in [-0.4, -0.2) is 22.6 Å². The lowest BCUT2D eigenvalue weighted by molar-refractivity contribution is -0.117. The zero-order valence-corrected chi connectivity index (χ0v) is 13.7. The largest absolute Gasteiger partial charge is 0.496 e. The molecule has 0 spiro atoms. The molecule has 24 heavy (non-hydrogen) atoms. The van der Waals surface area contributed by atoms with Gasteiger partial charge in [-0.2, -0.15) is 0 Å². The topological polar surface area (TPSA) is 56.1 Å². The van der Waals surface area contributed by atoms with Crippen LogP contribution in [0.1, 0.15) is 12.8 Å². The van der Waals surface area contributed by atoms with Gasteiger partial charge in [-0.25, -0.2) is 4.98 Å². The van der Waals surface area contributed by atoms with Gasteiger partial charge < -0.3 is 14.6 Å². The van der Waals surface area contributed by atoms with Crippen LogP contribution in [0, 0.1) is 5.92 Å². The number of pyridine rings is 1. The summed E-state index contributed by atoms with van der Waals surface area (Å²) in [6.45, 7) is 0. The van der Waals surface area contributed by atoms with Crippen LogP contribution in [0.2, 0.25) is 0 Å². The highest BCUT2D eigenvalue weighted by Crippen LogP contribution is 2.34. The van der Waals surface area contributed by atoms with Crippen molar-refractivity contribution in [2.45, 2.75) is 12.8 Å². The molecule has 0 radical (unpaired) electrons. The molecule has 0 saturated heterocycles. The van der Waals surface area contributed by atoms with Gasteiger partial charge in [-0.05, 0) is 37.1 Å². The molecule has 0 unspecified atom stereocenters. The Balaban J connectivity index is 1.75. The van der Waals surface area contributed by atoms with Gasteiger partial charge in [0.05, 0.1) is 24.5 Å². The fourth-order valence-corrected chi connectivity index (χ4v) is 2.99. The molecule has 2 heterocycles. The first-order chi connectivity index (χ1) is 11.7. The van der Waals surface area contributed by atoms with E-state index in [9.17, 15) is 4.79 Å². The third kappa shape index (κ3) is 2.52. The van der Waals surface area contributed by atoms with Crippen molar-refractivity contribution in [2.24, 2.45) is 13.0 Å². The second-order valence-corrected chi connectivity index (χ2v) is 6.18. The number of nitrogens with zero attached hydrogens (tertiary/aromatic N) is 2. The minimum atomic E-state index is 0.0720. The molecule has 0 bridgehead atoms. The van der Waals surface area contributed by atoms with E-state index in [2.05, 4.69) is 20.9 Å². The zero-order valence-electron chi connectivity index (χ0n) is 13.7. The summed E-state index contributed by atoms with van der Waals surface area (Å²) in [5.41, 5.74) is 3.09. The van der Waals surface area contributed by atoms with Crippen molar-refractivity contribution in [3.05, 3.63) is 42.6 Å². The Bertz CT molecular complexity index is 926. The summed E-state index contributed by atoms with van der Waals surface area (Å²) < 4.78 is 7.56. The lowest BCUT2D eigenvalue weighted by Gasteiger charge is -2.09. The van der Waals surface area contributed by atoms with E-state index in [-0.39, 0.29) is 11.8 Å². The molecule has 5 nitrogen and oxygen atoms in total. The number of aromatic nitrogens is 2. The third-order valence-corrected chi connectivity index (χ3v) is 4.51. The van der Waals surface area contributed by atoms with Gasteiger partial charge >= 0.3 is 0 Å². The minimum absolute atomic E-state index is 0.0720. The number of methoxy groups -OCH3 is 1. The van der Waals surface area contributed by atoms with E-state index >= 15 is 0 Å². The maximum atomic E-state index is 11.9. The summed E-state index contributed by atoms with van der Waals surface area (Å²) in [6.07, 6.45) is 3.77. The highest BCUT2D eigenvalue weighted by Gasteiger charge is 2.29. The van der Waals surface area contributed by atoms with E-state index in [0.29, 0.717) is 5.82 Å². The summed E-state index contributed by atoms with van der Waals surface area (Å²) in [7, 11) is 3.68. The van der Waals surface area contributed by atoms with Crippen LogP contribution < -0.4 is 10.1 Å². The Hall–Kier alpha value is -2.82. The van der Waals surface area contributed by atoms with Crippen LogP contribution in [0.5, 0.6) is 5.75 Å². The van der Waals surface area contributed by atoms with E-state index in [0.717, 1.165) is 40.8 Å². The maximum Gasteiger partial charge on any atom is 0.228 e. The molecule has 1 aliphatic carbocycles. The van der Waals surface area contributed by atoms with Gasteiger partial charge in [0.15, 0.2) is 0 Å². The van der Waals surface area contributed by atoms with Crippen LogP contribution in [-0.2, 0) is 11.8 Å². The predicted molar refractivity (Wildman–Crippen MR) is 94.1 cm³/mol. The van der Waals surface area contributed by atoms with Crippen molar-refractivity contribution in [2.75, 3.05) is 12.4 Å². The number of carbonyl (C=O) groups excluding carboxylic acids is 1. The standard InChI is InChI=1S/C19H19N3O2/c1-22-15(14-5-3-4-6-17(14)24-2)9-13-10-18(20-11-16(13)22)21-19(23)12-7-8-12/h3-6,9-12H,7-8H2,1-2H3,(H,20,21,23). The number of ether oxygens (including phenoxy) is 1. The van der Waals surface area contributed by atoms with Gasteiger partial charge in [0.1, 0.15) is 11.6 Å².